The summed E-state index contributed by atoms with van der Waals surface area (Å²) in [4.78, 5) is 21.9. The zero-order valence-corrected chi connectivity index (χ0v) is 13.2. The van der Waals surface area contributed by atoms with Crippen molar-refractivity contribution in [2.45, 2.75) is 31.3 Å². The number of hydrogen-bond acceptors (Lipinski definition) is 7. The predicted molar refractivity (Wildman–Crippen MR) is 87.0 cm³/mol. The van der Waals surface area contributed by atoms with Crippen LogP contribution in [0.15, 0.2) is 6.07 Å². The zero-order valence-electron chi connectivity index (χ0n) is 13.2. The molecule has 0 spiro atoms. The summed E-state index contributed by atoms with van der Waals surface area (Å²) in [5, 5.41) is 15.5. The van der Waals surface area contributed by atoms with Gasteiger partial charge in [0.05, 0.1) is 18.3 Å². The molecular weight excluding hydrogens is 296 g/mol. The lowest BCUT2D eigenvalue weighted by atomic mass is 9.80. The second kappa shape index (κ2) is 7.10. The van der Waals surface area contributed by atoms with Crippen LogP contribution in [0.2, 0.25) is 0 Å². The molecule has 1 amide bonds. The predicted octanol–water partition coefficient (Wildman–Crippen LogP) is -0.469. The summed E-state index contributed by atoms with van der Waals surface area (Å²) in [5.74, 6) is 1.37. The molecule has 1 aromatic rings. The number of nitrogens with one attached hydrogen (secondary N) is 2. The van der Waals surface area contributed by atoms with Gasteiger partial charge in [0.15, 0.2) is 0 Å². The molecule has 0 bridgehead atoms. The number of nitrogen functional groups attached to an aromatic ring is 1. The molecule has 8 nitrogen and oxygen atoms in total. The highest BCUT2D eigenvalue weighted by molar-refractivity contribution is 5.78. The van der Waals surface area contributed by atoms with Gasteiger partial charge in [-0.25, -0.2) is 4.98 Å². The molecule has 23 heavy (non-hydrogen) atoms. The highest BCUT2D eigenvalue weighted by Gasteiger charge is 2.30. The van der Waals surface area contributed by atoms with Crippen LogP contribution in [0.4, 0.5) is 11.8 Å². The van der Waals surface area contributed by atoms with Crippen molar-refractivity contribution >= 4 is 17.7 Å². The van der Waals surface area contributed by atoms with Crippen LogP contribution in [-0.4, -0.2) is 64.7 Å². The lowest BCUT2D eigenvalue weighted by molar-refractivity contribution is -0.124. The molecule has 5 N–H and O–H groups in total. The maximum Gasteiger partial charge on any atom is 0.234 e. The van der Waals surface area contributed by atoms with Gasteiger partial charge in [0, 0.05) is 38.2 Å². The van der Waals surface area contributed by atoms with Gasteiger partial charge in [-0.3, -0.25) is 9.69 Å². The maximum atomic E-state index is 11.3. The first-order chi connectivity index (χ1) is 11.1. The third-order valence-corrected chi connectivity index (χ3v) is 4.37. The number of aliphatic hydroxyl groups excluding tert-OH is 1. The molecular formula is C15H24N6O2. The van der Waals surface area contributed by atoms with Crippen LogP contribution in [0.3, 0.4) is 0 Å². The van der Waals surface area contributed by atoms with Gasteiger partial charge in [-0.2, -0.15) is 4.98 Å². The number of carbonyl (C=O) groups excluding carboxylic acids is 1. The standard InChI is InChI=1S/C15H24N6O2/c16-15-19-12(10-6-11(22)7-10)8-13(20-15)17-2-1-4-21-5-3-18-14(23)9-21/h8,10-11,22H,1-7,9H2,(H,18,23)(H3,16,17,19,20). The molecule has 1 saturated heterocycles. The molecule has 2 aliphatic rings. The number of aromatic nitrogens is 2. The molecule has 1 aromatic heterocycles. The SMILES string of the molecule is Nc1nc(NCCCN2CCNC(=O)C2)cc(C2CC(O)C2)n1. The van der Waals surface area contributed by atoms with Gasteiger partial charge in [-0.1, -0.05) is 0 Å². The Morgan fingerprint density at radius 1 is 1.43 bits per heavy atom. The monoisotopic (exact) mass is 320 g/mol. The minimum absolute atomic E-state index is 0.0973. The molecule has 0 atom stereocenters. The molecule has 1 saturated carbocycles. The molecule has 2 fully saturated rings. The van der Waals surface area contributed by atoms with Crippen LogP contribution in [0, 0.1) is 0 Å². The minimum atomic E-state index is -0.214. The first-order valence-corrected chi connectivity index (χ1v) is 8.15. The average Bonchev–Trinajstić information content (AvgIpc) is 2.48. The van der Waals surface area contributed by atoms with Crippen molar-refractivity contribution in [3.05, 3.63) is 11.8 Å². The Kier molecular flexibility index (Phi) is 4.92. The maximum absolute atomic E-state index is 11.3. The van der Waals surface area contributed by atoms with Crippen LogP contribution in [0.1, 0.15) is 30.9 Å². The fourth-order valence-electron chi connectivity index (χ4n) is 3.02. The summed E-state index contributed by atoms with van der Waals surface area (Å²) in [6, 6.07) is 1.92. The number of piperazine rings is 1. The van der Waals surface area contributed by atoms with E-state index in [0.29, 0.717) is 6.54 Å². The summed E-state index contributed by atoms with van der Waals surface area (Å²) in [7, 11) is 0. The summed E-state index contributed by atoms with van der Waals surface area (Å²) in [5.41, 5.74) is 6.67. The van der Waals surface area contributed by atoms with E-state index in [1.54, 1.807) is 0 Å². The van der Waals surface area contributed by atoms with Crippen molar-refractivity contribution in [1.29, 1.82) is 0 Å². The summed E-state index contributed by atoms with van der Waals surface area (Å²) >= 11 is 0. The van der Waals surface area contributed by atoms with E-state index in [9.17, 15) is 9.90 Å². The average molecular weight is 320 g/mol. The fourth-order valence-corrected chi connectivity index (χ4v) is 3.02. The first kappa shape index (κ1) is 15.9. The van der Waals surface area contributed by atoms with E-state index in [2.05, 4.69) is 25.5 Å². The molecule has 0 radical (unpaired) electrons. The molecule has 126 valence electrons. The molecule has 0 aromatic carbocycles. The Morgan fingerprint density at radius 3 is 3.00 bits per heavy atom. The van der Waals surface area contributed by atoms with E-state index in [0.717, 1.165) is 57.0 Å². The highest BCUT2D eigenvalue weighted by Crippen LogP contribution is 2.36. The third-order valence-electron chi connectivity index (χ3n) is 4.37. The van der Waals surface area contributed by atoms with Crippen molar-refractivity contribution in [2.75, 3.05) is 43.8 Å². The van der Waals surface area contributed by atoms with E-state index in [1.165, 1.54) is 0 Å². The van der Waals surface area contributed by atoms with Gasteiger partial charge in [0.1, 0.15) is 5.82 Å². The van der Waals surface area contributed by atoms with Crippen LogP contribution in [-0.2, 0) is 4.79 Å². The number of anilines is 2. The Bertz CT molecular complexity index is 561. The van der Waals surface area contributed by atoms with Crippen LogP contribution in [0.25, 0.3) is 0 Å². The molecule has 0 unspecified atom stereocenters. The van der Waals surface area contributed by atoms with Gasteiger partial charge in [-0.15, -0.1) is 0 Å². The van der Waals surface area contributed by atoms with E-state index < -0.39 is 0 Å². The largest absolute Gasteiger partial charge is 0.393 e. The number of rotatable bonds is 6. The Morgan fingerprint density at radius 2 is 2.26 bits per heavy atom. The molecule has 1 aliphatic carbocycles. The quantitative estimate of drug-likeness (QED) is 0.524. The second-order valence-corrected chi connectivity index (χ2v) is 6.26. The van der Waals surface area contributed by atoms with Crippen molar-refractivity contribution in [3.8, 4) is 0 Å². The number of amides is 1. The summed E-state index contributed by atoms with van der Waals surface area (Å²) < 4.78 is 0. The van der Waals surface area contributed by atoms with Crippen LogP contribution < -0.4 is 16.4 Å². The van der Waals surface area contributed by atoms with E-state index in [1.807, 2.05) is 6.07 Å². The molecule has 8 heteroatoms. The topological polar surface area (TPSA) is 116 Å². The Balaban J connectivity index is 1.45. The first-order valence-electron chi connectivity index (χ1n) is 8.15. The van der Waals surface area contributed by atoms with Gasteiger partial charge < -0.3 is 21.5 Å². The lowest BCUT2D eigenvalue weighted by Gasteiger charge is -2.31. The molecule has 3 rings (SSSR count). The normalized spacial score (nSPS) is 24.8. The van der Waals surface area contributed by atoms with E-state index >= 15 is 0 Å². The minimum Gasteiger partial charge on any atom is -0.393 e. The second-order valence-electron chi connectivity index (χ2n) is 6.26. The zero-order chi connectivity index (χ0) is 16.2. The lowest BCUT2D eigenvalue weighted by Crippen LogP contribution is -2.47. The van der Waals surface area contributed by atoms with Crippen LogP contribution >= 0.6 is 0 Å². The van der Waals surface area contributed by atoms with Gasteiger partial charge in [0.25, 0.3) is 0 Å². The summed E-state index contributed by atoms with van der Waals surface area (Å²) in [6.45, 7) is 3.75. The van der Waals surface area contributed by atoms with Crippen LogP contribution in [0.5, 0.6) is 0 Å². The number of nitrogens with zero attached hydrogens (tertiary/aromatic N) is 3. The Hall–Kier alpha value is -1.93. The highest BCUT2D eigenvalue weighted by atomic mass is 16.3. The number of carbonyl (C=O) groups is 1. The number of nitrogens with two attached hydrogens (primary N) is 1. The number of aliphatic hydroxyl groups is 1. The van der Waals surface area contributed by atoms with E-state index in [4.69, 9.17) is 5.73 Å². The summed E-state index contributed by atoms with van der Waals surface area (Å²) in [6.07, 6.45) is 2.20. The smallest absolute Gasteiger partial charge is 0.234 e. The van der Waals surface area contributed by atoms with Gasteiger partial charge in [-0.05, 0) is 19.3 Å². The van der Waals surface area contributed by atoms with Crippen molar-refractivity contribution < 1.29 is 9.90 Å². The molecule has 1 aliphatic heterocycles. The van der Waals surface area contributed by atoms with E-state index in [-0.39, 0.29) is 23.9 Å². The third kappa shape index (κ3) is 4.29. The fraction of sp³-hybridized carbons (Fsp3) is 0.667. The van der Waals surface area contributed by atoms with Gasteiger partial charge in [0.2, 0.25) is 11.9 Å². The van der Waals surface area contributed by atoms with Crippen molar-refractivity contribution in [1.82, 2.24) is 20.2 Å². The van der Waals surface area contributed by atoms with Gasteiger partial charge >= 0.3 is 0 Å². The van der Waals surface area contributed by atoms with Crippen molar-refractivity contribution in [2.24, 2.45) is 0 Å². The molecule has 2 heterocycles. The number of hydrogen-bond donors (Lipinski definition) is 4. The van der Waals surface area contributed by atoms with Crippen molar-refractivity contribution in [3.63, 3.8) is 0 Å². The Labute approximate surface area is 135 Å².